The van der Waals surface area contributed by atoms with Gasteiger partial charge in [-0.25, -0.2) is 14.2 Å². The molecule has 3 aromatic rings. The van der Waals surface area contributed by atoms with Crippen LogP contribution in [-0.2, 0) is 6.42 Å². The average Bonchev–Trinajstić information content (AvgIpc) is 3.39. The van der Waals surface area contributed by atoms with Crippen molar-refractivity contribution in [3.8, 4) is 11.5 Å². The Kier molecular flexibility index (Phi) is 5.48. The van der Waals surface area contributed by atoms with Gasteiger partial charge in [-0.05, 0) is 79.6 Å². The van der Waals surface area contributed by atoms with Crippen molar-refractivity contribution in [2.45, 2.75) is 31.8 Å². The van der Waals surface area contributed by atoms with E-state index in [1.54, 1.807) is 19.2 Å². The largest absolute Gasteiger partial charge is 0.497 e. The number of urea groups is 1. The van der Waals surface area contributed by atoms with Crippen molar-refractivity contribution < 1.29 is 18.7 Å². The summed E-state index contributed by atoms with van der Waals surface area (Å²) in [6.45, 7) is 4.43. The van der Waals surface area contributed by atoms with Crippen LogP contribution in [0.1, 0.15) is 36.5 Å². The molecule has 174 valence electrons. The molecule has 1 unspecified atom stereocenters. The molecule has 5 rings (SSSR count). The number of nitrogens with zero attached hydrogens (tertiary/aromatic N) is 2. The highest BCUT2D eigenvalue weighted by atomic mass is 19.1. The molecule has 0 fully saturated rings. The molecule has 0 radical (unpaired) electrons. The predicted molar refractivity (Wildman–Crippen MR) is 129 cm³/mol. The molecule has 2 heterocycles. The van der Waals surface area contributed by atoms with E-state index >= 15 is 0 Å². The minimum absolute atomic E-state index is 0.186. The Labute approximate surface area is 198 Å². The van der Waals surface area contributed by atoms with E-state index in [1.165, 1.54) is 17.1 Å². The summed E-state index contributed by atoms with van der Waals surface area (Å²) in [6.07, 6.45) is 0.780. The lowest BCUT2D eigenvalue weighted by molar-refractivity contribution is 0.138. The van der Waals surface area contributed by atoms with Gasteiger partial charge in [0.05, 0.1) is 19.4 Å². The van der Waals surface area contributed by atoms with E-state index in [1.807, 2.05) is 56.3 Å². The molecule has 1 atom stereocenters. The fourth-order valence-electron chi connectivity index (χ4n) is 4.48. The molecule has 0 aromatic heterocycles. The summed E-state index contributed by atoms with van der Waals surface area (Å²) in [4.78, 5) is 13.1. The number of methoxy groups -OCH3 is 1. The Morgan fingerprint density at radius 1 is 1.12 bits per heavy atom. The van der Waals surface area contributed by atoms with Crippen LogP contribution in [0.4, 0.5) is 14.9 Å². The van der Waals surface area contributed by atoms with Crippen molar-refractivity contribution in [3.05, 3.63) is 89.2 Å². The standard InChI is InChI=1S/C27H26FN3O3/c1-27(2)15-19-14-21(10-13-24(19)34-27)29-26(32)31-16-23(17-4-8-20(28)9-5-17)25(30-31)18-6-11-22(33-3)12-7-18/h4-14,23H,15-16H2,1-3H3,(H,29,32). The predicted octanol–water partition coefficient (Wildman–Crippen LogP) is 5.58. The first-order valence-corrected chi connectivity index (χ1v) is 11.2. The number of nitrogens with one attached hydrogen (secondary N) is 1. The number of hydrogen-bond donors (Lipinski definition) is 1. The number of fused-ring (bicyclic) bond motifs is 1. The summed E-state index contributed by atoms with van der Waals surface area (Å²) in [6, 6.07) is 19.2. The summed E-state index contributed by atoms with van der Waals surface area (Å²) < 4.78 is 24.7. The highest BCUT2D eigenvalue weighted by Crippen LogP contribution is 2.36. The summed E-state index contributed by atoms with van der Waals surface area (Å²) in [5, 5.41) is 9.05. The van der Waals surface area contributed by atoms with Crippen molar-refractivity contribution in [1.82, 2.24) is 5.01 Å². The van der Waals surface area contributed by atoms with Gasteiger partial charge < -0.3 is 14.8 Å². The molecule has 7 heteroatoms. The lowest BCUT2D eigenvalue weighted by atomic mass is 9.90. The molecule has 0 saturated carbocycles. The van der Waals surface area contributed by atoms with Gasteiger partial charge in [0, 0.05) is 23.6 Å². The Morgan fingerprint density at radius 3 is 2.56 bits per heavy atom. The van der Waals surface area contributed by atoms with Gasteiger partial charge >= 0.3 is 6.03 Å². The molecule has 1 N–H and O–H groups in total. The number of ether oxygens (including phenoxy) is 2. The van der Waals surface area contributed by atoms with Crippen LogP contribution in [0, 0.1) is 5.82 Å². The molecule has 0 spiro atoms. The minimum atomic E-state index is -0.325. The third kappa shape index (κ3) is 4.33. The van der Waals surface area contributed by atoms with Crippen LogP contribution < -0.4 is 14.8 Å². The second-order valence-corrected chi connectivity index (χ2v) is 9.19. The number of carbonyl (C=O) groups excluding carboxylic acids is 1. The number of amides is 2. The summed E-state index contributed by atoms with van der Waals surface area (Å²) in [7, 11) is 1.61. The third-order valence-electron chi connectivity index (χ3n) is 6.12. The SMILES string of the molecule is COc1ccc(C2=NN(C(=O)Nc3ccc4c(c3)CC(C)(C)O4)CC2c2ccc(F)cc2)cc1. The number of carbonyl (C=O) groups is 1. The Balaban J connectivity index is 1.40. The van der Waals surface area contributed by atoms with Crippen LogP contribution in [0.15, 0.2) is 71.8 Å². The smallest absolute Gasteiger partial charge is 0.342 e. The molecule has 3 aromatic carbocycles. The van der Waals surface area contributed by atoms with E-state index < -0.39 is 0 Å². The first kappa shape index (κ1) is 21.9. The molecule has 34 heavy (non-hydrogen) atoms. The lowest BCUT2D eigenvalue weighted by Crippen LogP contribution is -2.30. The zero-order valence-corrected chi connectivity index (χ0v) is 19.3. The van der Waals surface area contributed by atoms with Crippen molar-refractivity contribution in [2.75, 3.05) is 19.0 Å². The van der Waals surface area contributed by atoms with Gasteiger partial charge in [-0.3, -0.25) is 0 Å². The van der Waals surface area contributed by atoms with Crippen molar-refractivity contribution >= 4 is 17.4 Å². The fraction of sp³-hybridized carbons (Fsp3) is 0.259. The second kappa shape index (κ2) is 8.48. The zero-order chi connectivity index (χ0) is 23.9. The quantitative estimate of drug-likeness (QED) is 0.554. The monoisotopic (exact) mass is 459 g/mol. The molecular formula is C27H26FN3O3. The van der Waals surface area contributed by atoms with E-state index in [-0.39, 0.29) is 23.4 Å². The van der Waals surface area contributed by atoms with Crippen LogP contribution in [0.5, 0.6) is 11.5 Å². The number of benzene rings is 3. The van der Waals surface area contributed by atoms with Gasteiger partial charge in [-0.1, -0.05) is 12.1 Å². The number of anilines is 1. The van der Waals surface area contributed by atoms with Crippen molar-refractivity contribution in [3.63, 3.8) is 0 Å². The number of hydrogen-bond acceptors (Lipinski definition) is 4. The first-order chi connectivity index (χ1) is 16.3. The van der Waals surface area contributed by atoms with E-state index in [4.69, 9.17) is 9.47 Å². The normalized spacial score (nSPS) is 18.2. The molecule has 6 nitrogen and oxygen atoms in total. The Hall–Kier alpha value is -3.87. The fourth-order valence-corrected chi connectivity index (χ4v) is 4.48. The molecule has 2 aliphatic heterocycles. The summed E-state index contributed by atoms with van der Waals surface area (Å²) >= 11 is 0. The maximum Gasteiger partial charge on any atom is 0.342 e. The van der Waals surface area contributed by atoms with E-state index in [0.29, 0.717) is 12.2 Å². The highest BCUT2D eigenvalue weighted by Gasteiger charge is 2.33. The number of halogens is 1. The van der Waals surface area contributed by atoms with Crippen LogP contribution in [0.2, 0.25) is 0 Å². The number of rotatable bonds is 4. The Bertz CT molecular complexity index is 1250. The third-order valence-corrected chi connectivity index (χ3v) is 6.12. The number of hydrazone groups is 1. The molecular weight excluding hydrogens is 433 g/mol. The van der Waals surface area contributed by atoms with Crippen molar-refractivity contribution in [2.24, 2.45) is 5.10 Å². The summed E-state index contributed by atoms with van der Waals surface area (Å²) in [5.41, 5.74) is 4.02. The van der Waals surface area contributed by atoms with Gasteiger partial charge in [-0.15, -0.1) is 0 Å². The van der Waals surface area contributed by atoms with E-state index in [9.17, 15) is 9.18 Å². The first-order valence-electron chi connectivity index (χ1n) is 11.2. The summed E-state index contributed by atoms with van der Waals surface area (Å²) in [5.74, 6) is 1.09. The highest BCUT2D eigenvalue weighted by molar-refractivity contribution is 6.08. The van der Waals surface area contributed by atoms with Gasteiger partial charge in [0.25, 0.3) is 0 Å². The maximum absolute atomic E-state index is 13.5. The minimum Gasteiger partial charge on any atom is -0.497 e. The second-order valence-electron chi connectivity index (χ2n) is 9.19. The van der Waals surface area contributed by atoms with Gasteiger partial charge in [0.1, 0.15) is 22.9 Å². The molecule has 2 aliphatic rings. The Morgan fingerprint density at radius 2 is 1.85 bits per heavy atom. The van der Waals surface area contributed by atoms with Crippen LogP contribution in [-0.4, -0.2) is 36.0 Å². The van der Waals surface area contributed by atoms with Crippen LogP contribution in [0.3, 0.4) is 0 Å². The zero-order valence-electron chi connectivity index (χ0n) is 19.3. The van der Waals surface area contributed by atoms with Crippen LogP contribution >= 0.6 is 0 Å². The molecule has 0 aliphatic carbocycles. The topological polar surface area (TPSA) is 63.2 Å². The molecule has 2 amide bonds. The van der Waals surface area contributed by atoms with Gasteiger partial charge in [0.2, 0.25) is 0 Å². The maximum atomic E-state index is 13.5. The molecule has 0 saturated heterocycles. The average molecular weight is 460 g/mol. The lowest BCUT2D eigenvalue weighted by Gasteiger charge is -2.16. The molecule has 0 bridgehead atoms. The van der Waals surface area contributed by atoms with Crippen LogP contribution in [0.25, 0.3) is 0 Å². The van der Waals surface area contributed by atoms with Gasteiger partial charge in [0.15, 0.2) is 0 Å². The van der Waals surface area contributed by atoms with Gasteiger partial charge in [-0.2, -0.15) is 5.10 Å². The van der Waals surface area contributed by atoms with Crippen molar-refractivity contribution in [1.29, 1.82) is 0 Å². The van der Waals surface area contributed by atoms with E-state index in [0.717, 1.165) is 40.3 Å². The van der Waals surface area contributed by atoms with E-state index in [2.05, 4.69) is 10.4 Å².